The van der Waals surface area contributed by atoms with E-state index < -0.39 is 0 Å². The molecular weight excluding hydrogens is 282 g/mol. The van der Waals surface area contributed by atoms with Crippen molar-refractivity contribution in [3.63, 3.8) is 0 Å². The van der Waals surface area contributed by atoms with Gasteiger partial charge in [0, 0.05) is 23.7 Å². The number of anilines is 1. The molecule has 3 heteroatoms. The first-order chi connectivity index (χ1) is 9.93. The molecule has 0 aromatic heterocycles. The van der Waals surface area contributed by atoms with Gasteiger partial charge in [-0.05, 0) is 61.7 Å². The van der Waals surface area contributed by atoms with Gasteiger partial charge in [0.15, 0.2) is 0 Å². The van der Waals surface area contributed by atoms with Crippen molar-refractivity contribution in [2.75, 3.05) is 5.32 Å². The van der Waals surface area contributed by atoms with Gasteiger partial charge < -0.3 is 10.1 Å². The minimum atomic E-state index is -0.0822. The van der Waals surface area contributed by atoms with E-state index >= 15 is 0 Å². The van der Waals surface area contributed by atoms with Crippen molar-refractivity contribution >= 4 is 17.3 Å². The second-order valence-corrected chi connectivity index (χ2v) is 6.73. The molecule has 3 rings (SSSR count). The molecule has 21 heavy (non-hydrogen) atoms. The SMILES string of the molecule is Cc1cc(Cl)ccc1NCc1ccc2c(c1)CC(C)(C)O2. The minimum Gasteiger partial charge on any atom is -0.487 e. The molecule has 110 valence electrons. The summed E-state index contributed by atoms with van der Waals surface area (Å²) in [6, 6.07) is 12.4. The zero-order valence-electron chi connectivity index (χ0n) is 12.7. The van der Waals surface area contributed by atoms with Crippen LogP contribution in [0.4, 0.5) is 5.69 Å². The second kappa shape index (κ2) is 5.27. The highest BCUT2D eigenvalue weighted by Gasteiger charge is 2.29. The lowest BCUT2D eigenvalue weighted by molar-refractivity contribution is 0.138. The summed E-state index contributed by atoms with van der Waals surface area (Å²) in [5.41, 5.74) is 4.77. The molecule has 1 aliphatic rings. The third kappa shape index (κ3) is 3.16. The summed E-state index contributed by atoms with van der Waals surface area (Å²) in [6.07, 6.45) is 0.968. The molecule has 0 saturated carbocycles. The molecule has 0 saturated heterocycles. The van der Waals surface area contributed by atoms with Crippen LogP contribution >= 0.6 is 11.6 Å². The Hall–Kier alpha value is -1.67. The monoisotopic (exact) mass is 301 g/mol. The molecule has 0 unspecified atom stereocenters. The molecule has 2 aromatic rings. The van der Waals surface area contributed by atoms with Crippen molar-refractivity contribution in [1.29, 1.82) is 0 Å². The fourth-order valence-corrected chi connectivity index (χ4v) is 3.02. The molecule has 1 aliphatic heterocycles. The quantitative estimate of drug-likeness (QED) is 0.864. The van der Waals surface area contributed by atoms with E-state index in [1.165, 1.54) is 11.1 Å². The topological polar surface area (TPSA) is 21.3 Å². The fourth-order valence-electron chi connectivity index (χ4n) is 2.80. The number of hydrogen-bond donors (Lipinski definition) is 1. The fraction of sp³-hybridized carbons (Fsp3) is 0.333. The van der Waals surface area contributed by atoms with Gasteiger partial charge >= 0.3 is 0 Å². The van der Waals surface area contributed by atoms with Gasteiger partial charge in [-0.1, -0.05) is 23.7 Å². The van der Waals surface area contributed by atoms with Crippen molar-refractivity contribution in [2.24, 2.45) is 0 Å². The van der Waals surface area contributed by atoms with Crippen molar-refractivity contribution in [3.05, 3.63) is 58.1 Å². The van der Waals surface area contributed by atoms with Gasteiger partial charge in [-0.15, -0.1) is 0 Å². The summed E-state index contributed by atoms with van der Waals surface area (Å²) in [5.74, 6) is 1.02. The Morgan fingerprint density at radius 2 is 2.00 bits per heavy atom. The summed E-state index contributed by atoms with van der Waals surface area (Å²) >= 11 is 5.98. The summed E-state index contributed by atoms with van der Waals surface area (Å²) < 4.78 is 5.91. The molecule has 0 fully saturated rings. The van der Waals surface area contributed by atoms with Crippen LogP contribution in [0.1, 0.15) is 30.5 Å². The van der Waals surface area contributed by atoms with E-state index in [2.05, 4.69) is 44.3 Å². The Labute approximate surface area is 131 Å². The van der Waals surface area contributed by atoms with E-state index in [1.807, 2.05) is 18.2 Å². The van der Waals surface area contributed by atoms with Crippen LogP contribution in [0, 0.1) is 6.92 Å². The Kier molecular flexibility index (Phi) is 3.58. The molecule has 0 aliphatic carbocycles. The average molecular weight is 302 g/mol. The van der Waals surface area contributed by atoms with Crippen LogP contribution in [0.2, 0.25) is 5.02 Å². The molecule has 1 N–H and O–H groups in total. The number of nitrogens with one attached hydrogen (secondary N) is 1. The van der Waals surface area contributed by atoms with Crippen molar-refractivity contribution in [2.45, 2.75) is 39.3 Å². The van der Waals surface area contributed by atoms with E-state index in [1.54, 1.807) is 0 Å². The van der Waals surface area contributed by atoms with Crippen LogP contribution in [0.25, 0.3) is 0 Å². The Bertz CT molecular complexity index is 679. The minimum absolute atomic E-state index is 0.0822. The predicted octanol–water partition coefficient (Wildman–Crippen LogP) is 4.97. The molecule has 0 radical (unpaired) electrons. The smallest absolute Gasteiger partial charge is 0.123 e. The summed E-state index contributed by atoms with van der Waals surface area (Å²) in [7, 11) is 0. The molecular formula is C18H20ClNO. The number of hydrogen-bond acceptors (Lipinski definition) is 2. The van der Waals surface area contributed by atoms with Gasteiger partial charge in [0.2, 0.25) is 0 Å². The molecule has 2 nitrogen and oxygen atoms in total. The summed E-state index contributed by atoms with van der Waals surface area (Å²) in [6.45, 7) is 7.12. The van der Waals surface area contributed by atoms with Crippen LogP contribution in [-0.4, -0.2) is 5.60 Å². The number of ether oxygens (including phenoxy) is 1. The van der Waals surface area contributed by atoms with Gasteiger partial charge in [0.05, 0.1) is 0 Å². The molecule has 0 spiro atoms. The first kappa shape index (κ1) is 14.3. The van der Waals surface area contributed by atoms with E-state index in [9.17, 15) is 0 Å². The number of rotatable bonds is 3. The first-order valence-corrected chi connectivity index (χ1v) is 7.62. The van der Waals surface area contributed by atoms with Gasteiger partial charge in [-0.2, -0.15) is 0 Å². The van der Waals surface area contributed by atoms with Crippen LogP contribution < -0.4 is 10.1 Å². The van der Waals surface area contributed by atoms with Gasteiger partial charge in [0.25, 0.3) is 0 Å². The van der Waals surface area contributed by atoms with E-state index in [4.69, 9.17) is 16.3 Å². The van der Waals surface area contributed by atoms with E-state index in [0.29, 0.717) is 0 Å². The van der Waals surface area contributed by atoms with Crippen molar-refractivity contribution in [3.8, 4) is 5.75 Å². The maximum Gasteiger partial charge on any atom is 0.123 e. The van der Waals surface area contributed by atoms with Gasteiger partial charge in [-0.25, -0.2) is 0 Å². The molecule has 0 amide bonds. The Morgan fingerprint density at radius 3 is 2.76 bits per heavy atom. The first-order valence-electron chi connectivity index (χ1n) is 7.24. The maximum atomic E-state index is 5.98. The third-order valence-electron chi connectivity index (χ3n) is 3.80. The number of halogens is 1. The molecule has 2 aromatic carbocycles. The number of benzene rings is 2. The highest BCUT2D eigenvalue weighted by molar-refractivity contribution is 6.30. The van der Waals surface area contributed by atoms with Crippen LogP contribution in [0.3, 0.4) is 0 Å². The van der Waals surface area contributed by atoms with Gasteiger partial charge in [-0.3, -0.25) is 0 Å². The molecule has 0 atom stereocenters. The molecule has 1 heterocycles. The zero-order valence-corrected chi connectivity index (χ0v) is 13.4. The van der Waals surface area contributed by atoms with E-state index in [0.717, 1.165) is 35.0 Å². The standard InChI is InChI=1S/C18H20ClNO/c1-12-8-15(19)5-6-16(12)20-11-13-4-7-17-14(9-13)10-18(2,3)21-17/h4-9,20H,10-11H2,1-3H3. The zero-order chi connectivity index (χ0) is 15.0. The molecule has 0 bridgehead atoms. The Balaban J connectivity index is 1.72. The largest absolute Gasteiger partial charge is 0.487 e. The van der Waals surface area contributed by atoms with E-state index in [-0.39, 0.29) is 5.60 Å². The van der Waals surface area contributed by atoms with Crippen molar-refractivity contribution in [1.82, 2.24) is 0 Å². The average Bonchev–Trinajstić information content (AvgIpc) is 2.70. The predicted molar refractivity (Wildman–Crippen MR) is 88.4 cm³/mol. The lowest BCUT2D eigenvalue weighted by atomic mass is 10.0. The maximum absolute atomic E-state index is 5.98. The second-order valence-electron chi connectivity index (χ2n) is 6.29. The van der Waals surface area contributed by atoms with Crippen LogP contribution in [-0.2, 0) is 13.0 Å². The van der Waals surface area contributed by atoms with Crippen molar-refractivity contribution < 1.29 is 4.74 Å². The van der Waals surface area contributed by atoms with Crippen LogP contribution in [0.5, 0.6) is 5.75 Å². The highest BCUT2D eigenvalue weighted by Crippen LogP contribution is 2.35. The summed E-state index contributed by atoms with van der Waals surface area (Å²) in [5, 5.41) is 4.24. The lowest BCUT2D eigenvalue weighted by Crippen LogP contribution is -2.24. The number of fused-ring (bicyclic) bond motifs is 1. The normalized spacial score (nSPS) is 15.4. The highest BCUT2D eigenvalue weighted by atomic mass is 35.5. The number of aryl methyl sites for hydroxylation is 1. The Morgan fingerprint density at radius 1 is 1.19 bits per heavy atom. The van der Waals surface area contributed by atoms with Crippen LogP contribution in [0.15, 0.2) is 36.4 Å². The van der Waals surface area contributed by atoms with Gasteiger partial charge in [0.1, 0.15) is 11.4 Å². The lowest BCUT2D eigenvalue weighted by Gasteiger charge is -2.16. The third-order valence-corrected chi connectivity index (χ3v) is 4.03. The summed E-state index contributed by atoms with van der Waals surface area (Å²) in [4.78, 5) is 0.